The number of carbonyl (C=O) groups is 1. The van der Waals surface area contributed by atoms with Gasteiger partial charge in [0.25, 0.3) is 5.91 Å². The Bertz CT molecular complexity index is 1130. The molecule has 0 unspecified atom stereocenters. The molecule has 1 amide bonds. The van der Waals surface area contributed by atoms with E-state index >= 15 is 0 Å². The van der Waals surface area contributed by atoms with Gasteiger partial charge in [-0.15, -0.1) is 0 Å². The number of nitrogens with one attached hydrogen (secondary N) is 2. The molecule has 34 heavy (non-hydrogen) atoms. The second kappa shape index (κ2) is 9.82. The van der Waals surface area contributed by atoms with Gasteiger partial charge < -0.3 is 10.6 Å². The van der Waals surface area contributed by atoms with Crippen LogP contribution in [0, 0.1) is 12.8 Å². The van der Waals surface area contributed by atoms with Gasteiger partial charge in [0.2, 0.25) is 5.95 Å². The van der Waals surface area contributed by atoms with Crippen molar-refractivity contribution in [1.29, 1.82) is 0 Å². The Morgan fingerprint density at radius 3 is 2.50 bits per heavy atom. The lowest BCUT2D eigenvalue weighted by molar-refractivity contribution is -0.123. The third-order valence-corrected chi connectivity index (χ3v) is 6.06. The van der Waals surface area contributed by atoms with Crippen LogP contribution in [0.2, 0.25) is 0 Å². The van der Waals surface area contributed by atoms with Gasteiger partial charge in [0.15, 0.2) is 0 Å². The van der Waals surface area contributed by atoms with Gasteiger partial charge in [0, 0.05) is 23.5 Å². The van der Waals surface area contributed by atoms with Crippen molar-refractivity contribution >= 4 is 17.5 Å². The lowest BCUT2D eigenvalue weighted by atomic mass is 9.87. The van der Waals surface area contributed by atoms with Gasteiger partial charge in [0.05, 0.1) is 23.6 Å². The number of aryl methyl sites for hydroxylation is 1. The fourth-order valence-corrected chi connectivity index (χ4v) is 4.09. The van der Waals surface area contributed by atoms with Crippen LogP contribution >= 0.6 is 0 Å². The molecule has 1 fully saturated rings. The van der Waals surface area contributed by atoms with E-state index in [0.29, 0.717) is 17.7 Å². The molecule has 3 aromatic rings. The maximum Gasteiger partial charge on any atom is 0.405 e. The highest BCUT2D eigenvalue weighted by Crippen LogP contribution is 2.32. The van der Waals surface area contributed by atoms with Crippen molar-refractivity contribution in [3.63, 3.8) is 0 Å². The minimum Gasteiger partial charge on any atom is -0.343 e. The zero-order chi connectivity index (χ0) is 24.3. The van der Waals surface area contributed by atoms with E-state index in [9.17, 15) is 18.0 Å². The number of anilines is 2. The first-order valence-corrected chi connectivity index (χ1v) is 11.3. The summed E-state index contributed by atoms with van der Waals surface area (Å²) >= 11 is 0. The zero-order valence-corrected chi connectivity index (χ0v) is 19.1. The number of hydrogen-bond acceptors (Lipinski definition) is 5. The predicted molar refractivity (Wildman–Crippen MR) is 123 cm³/mol. The van der Waals surface area contributed by atoms with Crippen molar-refractivity contribution in [2.75, 3.05) is 11.9 Å². The first-order valence-electron chi connectivity index (χ1n) is 11.3. The first-order chi connectivity index (χ1) is 16.2. The molecule has 0 saturated heterocycles. The van der Waals surface area contributed by atoms with Crippen LogP contribution in [0.1, 0.15) is 54.6 Å². The monoisotopic (exact) mass is 472 g/mol. The largest absolute Gasteiger partial charge is 0.405 e. The number of hydrogen-bond donors (Lipinski definition) is 2. The lowest BCUT2D eigenvalue weighted by Gasteiger charge is -2.26. The molecule has 2 heterocycles. The third kappa shape index (κ3) is 5.92. The number of aromatic nitrogens is 4. The molecule has 1 saturated carbocycles. The molecule has 1 aliphatic rings. The van der Waals surface area contributed by atoms with E-state index in [1.54, 1.807) is 24.5 Å². The van der Waals surface area contributed by atoms with Crippen LogP contribution in [-0.2, 0) is 0 Å². The van der Waals surface area contributed by atoms with Gasteiger partial charge in [-0.1, -0.05) is 19.1 Å². The Labute approximate surface area is 195 Å². The lowest BCUT2D eigenvalue weighted by Crippen LogP contribution is -2.33. The van der Waals surface area contributed by atoms with Gasteiger partial charge in [-0.05, 0) is 56.2 Å². The molecule has 2 aromatic heterocycles. The topological polar surface area (TPSA) is 84.7 Å². The van der Waals surface area contributed by atoms with E-state index in [2.05, 4.69) is 27.3 Å². The van der Waals surface area contributed by atoms with Crippen LogP contribution in [0.3, 0.4) is 0 Å². The maximum atomic E-state index is 12.3. The van der Waals surface area contributed by atoms with Crippen LogP contribution in [0.4, 0.5) is 24.8 Å². The van der Waals surface area contributed by atoms with Crippen molar-refractivity contribution in [1.82, 2.24) is 25.1 Å². The fourth-order valence-electron chi connectivity index (χ4n) is 4.09. The third-order valence-electron chi connectivity index (χ3n) is 6.06. The minimum absolute atomic E-state index is 0.141. The molecule has 0 spiro atoms. The Balaban J connectivity index is 1.45. The van der Waals surface area contributed by atoms with Crippen molar-refractivity contribution in [2.45, 2.75) is 51.7 Å². The van der Waals surface area contributed by atoms with E-state index in [1.807, 2.05) is 23.1 Å². The smallest absolute Gasteiger partial charge is 0.343 e. The van der Waals surface area contributed by atoms with Gasteiger partial charge in [-0.3, -0.25) is 9.48 Å². The molecule has 0 atom stereocenters. The molecule has 0 bridgehead atoms. The van der Waals surface area contributed by atoms with E-state index in [0.717, 1.165) is 35.6 Å². The molecule has 7 nitrogen and oxygen atoms in total. The average molecular weight is 473 g/mol. The van der Waals surface area contributed by atoms with Gasteiger partial charge >= 0.3 is 6.18 Å². The normalized spacial score (nSPS) is 18.5. The second-order valence-corrected chi connectivity index (χ2v) is 8.85. The van der Waals surface area contributed by atoms with Crippen molar-refractivity contribution < 1.29 is 18.0 Å². The molecule has 0 aliphatic heterocycles. The Hall–Kier alpha value is -3.43. The summed E-state index contributed by atoms with van der Waals surface area (Å²) in [5.41, 5.74) is 3.15. The van der Waals surface area contributed by atoms with Crippen molar-refractivity contribution in [3.05, 3.63) is 54.0 Å². The molecular weight excluding hydrogens is 445 g/mol. The number of alkyl halides is 3. The molecule has 2 N–H and O–H groups in total. The summed E-state index contributed by atoms with van der Waals surface area (Å²) in [5.74, 6) is 0.395. The highest BCUT2D eigenvalue weighted by atomic mass is 19.4. The Kier molecular flexibility index (Phi) is 6.85. The quantitative estimate of drug-likeness (QED) is 0.499. The summed E-state index contributed by atoms with van der Waals surface area (Å²) < 4.78 is 39.0. The number of carbonyl (C=O) groups excluding carboxylic acids is 1. The molecule has 1 aromatic carbocycles. The summed E-state index contributed by atoms with van der Waals surface area (Å²) in [6.07, 6.45) is 5.63. The number of benzene rings is 1. The summed E-state index contributed by atoms with van der Waals surface area (Å²) in [4.78, 5) is 20.9. The maximum absolute atomic E-state index is 12.3. The number of nitrogens with zero attached hydrogens (tertiary/aromatic N) is 4. The number of rotatable bonds is 6. The summed E-state index contributed by atoms with van der Waals surface area (Å²) in [5, 5.41) is 9.57. The standard InChI is InChI=1S/C24H27F3N6O/c1-15-3-9-20(10-4-15)33-13-19(12-30-33)31-23-28-11-16(2)21(32-23)17-5-7-18(8-6-17)22(34)29-14-24(25,26)27/h5-8,11-13,15,20H,3-4,9-10,14H2,1-2H3,(H,29,34)(H,28,31,32). The van der Waals surface area contributed by atoms with Crippen LogP contribution < -0.4 is 10.6 Å². The van der Waals surface area contributed by atoms with Crippen LogP contribution in [0.25, 0.3) is 11.3 Å². The SMILES string of the molecule is Cc1cnc(Nc2cnn(C3CCC(C)CC3)c2)nc1-c1ccc(C(=O)NCC(F)(F)F)cc1. The van der Waals surface area contributed by atoms with E-state index < -0.39 is 18.6 Å². The zero-order valence-electron chi connectivity index (χ0n) is 19.1. The van der Waals surface area contributed by atoms with E-state index in [-0.39, 0.29) is 5.56 Å². The molecule has 0 radical (unpaired) electrons. The number of amides is 1. The highest BCUT2D eigenvalue weighted by Gasteiger charge is 2.28. The Morgan fingerprint density at radius 1 is 1.12 bits per heavy atom. The average Bonchev–Trinajstić information content (AvgIpc) is 3.27. The minimum atomic E-state index is -4.46. The van der Waals surface area contributed by atoms with Crippen LogP contribution in [-0.4, -0.2) is 38.4 Å². The van der Waals surface area contributed by atoms with Crippen LogP contribution in [0.15, 0.2) is 42.9 Å². The van der Waals surface area contributed by atoms with E-state index in [1.165, 1.54) is 25.0 Å². The highest BCUT2D eigenvalue weighted by molar-refractivity contribution is 5.94. The second-order valence-electron chi connectivity index (χ2n) is 8.85. The summed E-state index contributed by atoms with van der Waals surface area (Å²) in [7, 11) is 0. The Morgan fingerprint density at radius 2 is 1.82 bits per heavy atom. The predicted octanol–water partition coefficient (Wildman–Crippen LogP) is 5.44. The van der Waals surface area contributed by atoms with Gasteiger partial charge in [0.1, 0.15) is 6.54 Å². The van der Waals surface area contributed by atoms with E-state index in [4.69, 9.17) is 0 Å². The van der Waals surface area contributed by atoms with Crippen molar-refractivity contribution in [3.8, 4) is 11.3 Å². The molecule has 4 rings (SSSR count). The molecular formula is C24H27F3N6O. The first kappa shape index (κ1) is 23.7. The van der Waals surface area contributed by atoms with Gasteiger partial charge in [-0.25, -0.2) is 9.97 Å². The summed E-state index contributed by atoms with van der Waals surface area (Å²) in [6, 6.07) is 6.68. The van der Waals surface area contributed by atoms with Crippen molar-refractivity contribution in [2.24, 2.45) is 5.92 Å². The molecule has 180 valence electrons. The summed E-state index contributed by atoms with van der Waals surface area (Å²) in [6.45, 7) is 2.78. The van der Waals surface area contributed by atoms with Crippen LogP contribution in [0.5, 0.6) is 0 Å². The van der Waals surface area contributed by atoms with Gasteiger partial charge in [-0.2, -0.15) is 18.3 Å². The number of halogens is 3. The molecule has 10 heteroatoms. The fraction of sp³-hybridized carbons (Fsp3) is 0.417. The molecule has 1 aliphatic carbocycles.